The monoisotopic (exact) mass is 416 g/mol. The topological polar surface area (TPSA) is 84.7 Å². The van der Waals surface area contributed by atoms with Gasteiger partial charge >= 0.3 is 0 Å². The van der Waals surface area contributed by atoms with Gasteiger partial charge in [0.05, 0.1) is 25.5 Å². The molecule has 1 aliphatic rings. The van der Waals surface area contributed by atoms with Crippen LogP contribution in [0.4, 0.5) is 8.78 Å². The van der Waals surface area contributed by atoms with Gasteiger partial charge in [0.2, 0.25) is 0 Å². The summed E-state index contributed by atoms with van der Waals surface area (Å²) in [6, 6.07) is 5.01. The van der Waals surface area contributed by atoms with E-state index in [-0.39, 0.29) is 22.9 Å². The molecule has 3 aromatic rings. The molecule has 10 heteroatoms. The molecule has 1 N–H and O–H groups in total. The molecular weight excluding hydrogens is 394 g/mol. The molecule has 0 bridgehead atoms. The van der Waals surface area contributed by atoms with Crippen molar-refractivity contribution in [3.05, 3.63) is 59.3 Å². The first-order chi connectivity index (χ1) is 14.5. The predicted octanol–water partition coefficient (Wildman–Crippen LogP) is 2.17. The zero-order valence-electron chi connectivity index (χ0n) is 16.5. The maximum absolute atomic E-state index is 13.3. The summed E-state index contributed by atoms with van der Waals surface area (Å²) in [7, 11) is 0. The summed E-state index contributed by atoms with van der Waals surface area (Å²) in [6.45, 7) is 4.67. The Morgan fingerprint density at radius 3 is 2.80 bits per heavy atom. The average molecular weight is 416 g/mol. The maximum Gasteiger partial charge on any atom is 0.280 e. The van der Waals surface area contributed by atoms with Crippen molar-refractivity contribution >= 4 is 11.6 Å². The summed E-state index contributed by atoms with van der Waals surface area (Å²) in [4.78, 5) is 23.5. The number of halogens is 2. The molecule has 1 saturated heterocycles. The van der Waals surface area contributed by atoms with Crippen molar-refractivity contribution in [2.24, 2.45) is 0 Å². The first-order valence-electron chi connectivity index (χ1n) is 9.68. The van der Waals surface area contributed by atoms with Crippen LogP contribution in [0.15, 0.2) is 36.8 Å². The molecule has 1 fully saturated rings. The summed E-state index contributed by atoms with van der Waals surface area (Å²) >= 11 is 0. The number of rotatable bonds is 6. The van der Waals surface area contributed by atoms with Crippen molar-refractivity contribution < 1.29 is 18.3 Å². The average Bonchev–Trinajstić information content (AvgIpc) is 3.18. The molecule has 4 heterocycles. The SMILES string of the molecule is Cc1cc(C(F)F)n2ncc(C(=O)NC[C@H](c3cccnc3)N3CCOCC3)c2n1. The molecule has 30 heavy (non-hydrogen) atoms. The summed E-state index contributed by atoms with van der Waals surface area (Å²) in [6.07, 6.45) is 2.03. The number of pyridine rings is 1. The Balaban J connectivity index is 1.56. The highest BCUT2D eigenvalue weighted by molar-refractivity contribution is 5.99. The number of aromatic nitrogens is 4. The number of carbonyl (C=O) groups excluding carboxylic acids is 1. The Hall–Kier alpha value is -2.98. The fourth-order valence-electron chi connectivity index (χ4n) is 3.63. The second-order valence-electron chi connectivity index (χ2n) is 7.08. The zero-order valence-corrected chi connectivity index (χ0v) is 16.5. The molecule has 8 nitrogen and oxygen atoms in total. The highest BCUT2D eigenvalue weighted by Crippen LogP contribution is 2.23. The highest BCUT2D eigenvalue weighted by atomic mass is 19.3. The van der Waals surface area contributed by atoms with Gasteiger partial charge in [-0.3, -0.25) is 14.7 Å². The number of morpholine rings is 1. The number of carbonyl (C=O) groups is 1. The summed E-state index contributed by atoms with van der Waals surface area (Å²) in [5.74, 6) is -0.412. The second kappa shape index (κ2) is 8.80. The number of hydrogen-bond acceptors (Lipinski definition) is 6. The van der Waals surface area contributed by atoms with Crippen LogP contribution in [-0.4, -0.2) is 63.2 Å². The van der Waals surface area contributed by atoms with Crippen LogP contribution < -0.4 is 5.32 Å². The van der Waals surface area contributed by atoms with Gasteiger partial charge in [0.15, 0.2) is 5.65 Å². The Bertz CT molecular complexity index is 1020. The van der Waals surface area contributed by atoms with E-state index in [0.717, 1.165) is 23.2 Å². The molecule has 0 aliphatic carbocycles. The Morgan fingerprint density at radius 1 is 1.30 bits per heavy atom. The van der Waals surface area contributed by atoms with Gasteiger partial charge in [-0.2, -0.15) is 5.10 Å². The Kier molecular flexibility index (Phi) is 5.96. The van der Waals surface area contributed by atoms with Crippen LogP contribution in [0.2, 0.25) is 0 Å². The highest BCUT2D eigenvalue weighted by Gasteiger charge is 2.25. The maximum atomic E-state index is 13.3. The van der Waals surface area contributed by atoms with Gasteiger partial charge in [-0.1, -0.05) is 6.07 Å². The normalized spacial score (nSPS) is 16.1. The van der Waals surface area contributed by atoms with E-state index >= 15 is 0 Å². The van der Waals surface area contributed by atoms with Crippen molar-refractivity contribution in [2.45, 2.75) is 19.4 Å². The third-order valence-electron chi connectivity index (χ3n) is 5.11. The van der Waals surface area contributed by atoms with E-state index in [0.29, 0.717) is 25.5 Å². The van der Waals surface area contributed by atoms with Crippen LogP contribution in [0.1, 0.15) is 39.8 Å². The summed E-state index contributed by atoms with van der Waals surface area (Å²) in [5, 5.41) is 6.86. The van der Waals surface area contributed by atoms with Crippen LogP contribution in [0.3, 0.4) is 0 Å². The lowest BCUT2D eigenvalue weighted by Crippen LogP contribution is -2.43. The number of aryl methyl sites for hydroxylation is 1. The van der Waals surface area contributed by atoms with E-state index in [1.165, 1.54) is 12.3 Å². The molecule has 0 aromatic carbocycles. The molecule has 1 aliphatic heterocycles. The molecule has 3 aromatic heterocycles. The minimum absolute atomic E-state index is 0.0836. The lowest BCUT2D eigenvalue weighted by atomic mass is 10.1. The van der Waals surface area contributed by atoms with E-state index in [2.05, 4.69) is 25.3 Å². The largest absolute Gasteiger partial charge is 0.379 e. The van der Waals surface area contributed by atoms with Crippen LogP contribution in [-0.2, 0) is 4.74 Å². The van der Waals surface area contributed by atoms with Gasteiger partial charge in [0.25, 0.3) is 12.3 Å². The van der Waals surface area contributed by atoms with E-state index in [9.17, 15) is 13.6 Å². The van der Waals surface area contributed by atoms with Crippen LogP contribution in [0.5, 0.6) is 0 Å². The van der Waals surface area contributed by atoms with Crippen molar-refractivity contribution in [3.63, 3.8) is 0 Å². The Labute approximate surface area is 171 Å². The smallest absolute Gasteiger partial charge is 0.280 e. The minimum Gasteiger partial charge on any atom is -0.379 e. The van der Waals surface area contributed by atoms with Gasteiger partial charge in [-0.15, -0.1) is 0 Å². The number of nitrogens with one attached hydrogen (secondary N) is 1. The standard InChI is InChI=1S/C20H22F2N6O2/c1-13-9-16(18(21)22)28-19(26-13)15(11-25-28)20(29)24-12-17(14-3-2-4-23-10-14)27-5-7-30-8-6-27/h2-4,9-11,17-18H,5-8,12H2,1H3,(H,24,29)/t17-/m1/s1. The number of alkyl halides is 2. The molecule has 0 radical (unpaired) electrons. The molecule has 1 amide bonds. The number of fused-ring (bicyclic) bond motifs is 1. The number of hydrogen-bond donors (Lipinski definition) is 1. The predicted molar refractivity (Wildman–Crippen MR) is 104 cm³/mol. The molecule has 0 unspecified atom stereocenters. The summed E-state index contributed by atoms with van der Waals surface area (Å²) < 4.78 is 33.1. The van der Waals surface area contributed by atoms with Crippen molar-refractivity contribution in [3.8, 4) is 0 Å². The molecule has 0 saturated carbocycles. The van der Waals surface area contributed by atoms with Crippen LogP contribution in [0, 0.1) is 6.92 Å². The lowest BCUT2D eigenvalue weighted by Gasteiger charge is -2.34. The zero-order chi connectivity index (χ0) is 21.1. The van der Waals surface area contributed by atoms with Crippen molar-refractivity contribution in [2.75, 3.05) is 32.8 Å². The third kappa shape index (κ3) is 4.14. The van der Waals surface area contributed by atoms with E-state index < -0.39 is 12.3 Å². The van der Waals surface area contributed by atoms with Crippen molar-refractivity contribution in [1.82, 2.24) is 29.8 Å². The quantitative estimate of drug-likeness (QED) is 0.663. The van der Waals surface area contributed by atoms with E-state index in [1.807, 2.05) is 12.1 Å². The van der Waals surface area contributed by atoms with E-state index in [4.69, 9.17) is 4.74 Å². The second-order valence-corrected chi connectivity index (χ2v) is 7.08. The van der Waals surface area contributed by atoms with Gasteiger partial charge in [-0.05, 0) is 24.6 Å². The number of amides is 1. The fourth-order valence-corrected chi connectivity index (χ4v) is 3.63. The number of ether oxygens (including phenoxy) is 1. The molecule has 158 valence electrons. The third-order valence-corrected chi connectivity index (χ3v) is 5.11. The van der Waals surface area contributed by atoms with Gasteiger partial charge < -0.3 is 10.1 Å². The lowest BCUT2D eigenvalue weighted by molar-refractivity contribution is 0.0161. The van der Waals surface area contributed by atoms with Gasteiger partial charge in [0.1, 0.15) is 11.3 Å². The molecule has 1 atom stereocenters. The van der Waals surface area contributed by atoms with E-state index in [1.54, 1.807) is 19.3 Å². The van der Waals surface area contributed by atoms with Crippen molar-refractivity contribution in [1.29, 1.82) is 0 Å². The Morgan fingerprint density at radius 2 is 2.10 bits per heavy atom. The fraction of sp³-hybridized carbons (Fsp3) is 0.400. The molecule has 4 rings (SSSR count). The van der Waals surface area contributed by atoms with Gasteiger partial charge in [-0.25, -0.2) is 18.3 Å². The van der Waals surface area contributed by atoms with Gasteiger partial charge in [0, 0.05) is 37.7 Å². The minimum atomic E-state index is -2.72. The van der Waals surface area contributed by atoms with Crippen LogP contribution >= 0.6 is 0 Å². The summed E-state index contributed by atoms with van der Waals surface area (Å²) in [5.41, 5.74) is 1.36. The first-order valence-corrected chi connectivity index (χ1v) is 9.68. The molecule has 0 spiro atoms. The first kappa shape index (κ1) is 20.3. The van der Waals surface area contributed by atoms with Crippen LogP contribution in [0.25, 0.3) is 5.65 Å². The number of nitrogens with zero attached hydrogens (tertiary/aromatic N) is 5. The molecular formula is C20H22F2N6O2.